The van der Waals surface area contributed by atoms with Crippen LogP contribution in [0, 0.1) is 0 Å². The Hall–Kier alpha value is -2.29. The van der Waals surface area contributed by atoms with Gasteiger partial charge in [0.25, 0.3) is 0 Å². The van der Waals surface area contributed by atoms with Crippen molar-refractivity contribution in [1.29, 1.82) is 0 Å². The molecule has 1 amide bonds. The van der Waals surface area contributed by atoms with Crippen LogP contribution in [0.5, 0.6) is 0 Å². The topological polar surface area (TPSA) is 86.3 Å². The summed E-state index contributed by atoms with van der Waals surface area (Å²) in [5.74, 6) is -0.472. The van der Waals surface area contributed by atoms with Crippen LogP contribution in [0.4, 0.5) is 0 Å². The quantitative estimate of drug-likeness (QED) is 0.248. The molecule has 1 atom stereocenters. The molecular formula is C23H31NO6. The Bertz CT molecular complexity index is 683. The molecule has 0 saturated heterocycles. The van der Waals surface area contributed by atoms with Crippen LogP contribution in [0.1, 0.15) is 17.5 Å². The number of benzene rings is 2. The maximum atomic E-state index is 11.5. The number of hydroxylamine groups is 1. The molecule has 2 aromatic rings. The van der Waals surface area contributed by atoms with Crippen LogP contribution in [0.15, 0.2) is 60.7 Å². The van der Waals surface area contributed by atoms with Gasteiger partial charge in [0, 0.05) is 0 Å². The van der Waals surface area contributed by atoms with Gasteiger partial charge in [-0.3, -0.25) is 10.0 Å². The maximum Gasteiger partial charge on any atom is 0.245 e. The molecule has 0 bridgehead atoms. The fourth-order valence-corrected chi connectivity index (χ4v) is 2.80. The van der Waals surface area contributed by atoms with Crippen molar-refractivity contribution in [3.8, 4) is 0 Å². The Kier molecular flexibility index (Phi) is 12.4. The number of carbonyl (C=O) groups excluding carboxylic acids is 1. The van der Waals surface area contributed by atoms with Gasteiger partial charge in [-0.1, -0.05) is 60.7 Å². The molecule has 0 saturated carbocycles. The van der Waals surface area contributed by atoms with E-state index in [0.717, 1.165) is 11.1 Å². The van der Waals surface area contributed by atoms with Crippen LogP contribution < -0.4 is 5.48 Å². The van der Waals surface area contributed by atoms with Crippen molar-refractivity contribution in [2.45, 2.75) is 25.6 Å². The molecule has 2 aromatic carbocycles. The van der Waals surface area contributed by atoms with E-state index >= 15 is 0 Å². The Labute approximate surface area is 177 Å². The van der Waals surface area contributed by atoms with Crippen LogP contribution in [0.3, 0.4) is 0 Å². The molecule has 30 heavy (non-hydrogen) atoms. The van der Waals surface area contributed by atoms with Crippen molar-refractivity contribution < 1.29 is 28.9 Å². The third-order valence-electron chi connectivity index (χ3n) is 4.28. The number of carbonyl (C=O) groups is 1. The molecule has 0 heterocycles. The predicted octanol–water partition coefficient (Wildman–Crippen LogP) is 2.76. The normalized spacial score (nSPS) is 11.9. The summed E-state index contributed by atoms with van der Waals surface area (Å²) < 4.78 is 22.3. The first-order valence-electron chi connectivity index (χ1n) is 10.1. The van der Waals surface area contributed by atoms with Gasteiger partial charge < -0.3 is 18.9 Å². The second kappa shape index (κ2) is 15.5. The highest BCUT2D eigenvalue weighted by molar-refractivity contribution is 5.75. The van der Waals surface area contributed by atoms with Crippen LogP contribution in [0.25, 0.3) is 0 Å². The van der Waals surface area contributed by atoms with Crippen molar-refractivity contribution in [3.05, 3.63) is 71.8 Å². The molecule has 0 radical (unpaired) electrons. The number of rotatable bonds is 16. The number of nitrogens with one attached hydrogen (secondary N) is 1. The molecule has 0 aliphatic carbocycles. The molecule has 0 spiro atoms. The standard InChI is InChI=1S/C23H31NO6/c25-23(24-26)18-22(17-20-7-3-1-4-8-20)30-16-15-28-12-11-27-13-14-29-19-21-9-5-2-6-10-21/h1-10,22,26H,11-19H2,(H,24,25). The van der Waals surface area contributed by atoms with E-state index in [9.17, 15) is 4.79 Å². The monoisotopic (exact) mass is 417 g/mol. The average Bonchev–Trinajstić information content (AvgIpc) is 2.78. The van der Waals surface area contributed by atoms with E-state index in [-0.39, 0.29) is 12.5 Å². The molecular weight excluding hydrogens is 386 g/mol. The zero-order valence-electron chi connectivity index (χ0n) is 17.2. The van der Waals surface area contributed by atoms with E-state index in [0.29, 0.717) is 52.7 Å². The number of hydrogen-bond acceptors (Lipinski definition) is 6. The Morgan fingerprint density at radius 2 is 1.30 bits per heavy atom. The summed E-state index contributed by atoms with van der Waals surface area (Å²) >= 11 is 0. The summed E-state index contributed by atoms with van der Waals surface area (Å²) in [4.78, 5) is 11.5. The van der Waals surface area contributed by atoms with Gasteiger partial charge >= 0.3 is 0 Å². The zero-order valence-corrected chi connectivity index (χ0v) is 17.2. The lowest BCUT2D eigenvalue weighted by Gasteiger charge is -2.17. The van der Waals surface area contributed by atoms with Gasteiger partial charge in [-0.15, -0.1) is 0 Å². The summed E-state index contributed by atoms with van der Waals surface area (Å²) in [5.41, 5.74) is 3.86. The third-order valence-corrected chi connectivity index (χ3v) is 4.28. The number of hydrogen-bond donors (Lipinski definition) is 2. The largest absolute Gasteiger partial charge is 0.377 e. The lowest BCUT2D eigenvalue weighted by molar-refractivity contribution is -0.132. The van der Waals surface area contributed by atoms with Crippen molar-refractivity contribution in [2.24, 2.45) is 0 Å². The van der Waals surface area contributed by atoms with E-state index < -0.39 is 5.91 Å². The SMILES string of the molecule is O=C(CC(Cc1ccccc1)OCCOCCOCCOCc1ccccc1)NO. The van der Waals surface area contributed by atoms with Gasteiger partial charge in [-0.05, 0) is 17.5 Å². The molecule has 164 valence electrons. The van der Waals surface area contributed by atoms with Crippen LogP contribution in [-0.4, -0.2) is 56.9 Å². The molecule has 2 rings (SSSR count). The lowest BCUT2D eigenvalue weighted by Crippen LogP contribution is -2.28. The molecule has 1 unspecified atom stereocenters. The molecule has 2 N–H and O–H groups in total. The Morgan fingerprint density at radius 3 is 1.90 bits per heavy atom. The van der Waals surface area contributed by atoms with E-state index in [1.54, 1.807) is 5.48 Å². The average molecular weight is 418 g/mol. The molecule has 7 heteroatoms. The van der Waals surface area contributed by atoms with E-state index in [4.69, 9.17) is 24.2 Å². The summed E-state index contributed by atoms with van der Waals surface area (Å²) in [6.45, 7) is 3.33. The molecule has 0 aliphatic heterocycles. The van der Waals surface area contributed by atoms with E-state index in [2.05, 4.69) is 0 Å². The minimum Gasteiger partial charge on any atom is -0.377 e. The van der Waals surface area contributed by atoms with Gasteiger partial charge in [-0.2, -0.15) is 0 Å². The fraction of sp³-hybridized carbons (Fsp3) is 0.435. The van der Waals surface area contributed by atoms with Gasteiger partial charge in [0.15, 0.2) is 0 Å². The van der Waals surface area contributed by atoms with Crippen molar-refractivity contribution >= 4 is 5.91 Å². The number of ether oxygens (including phenoxy) is 4. The zero-order chi connectivity index (χ0) is 21.3. The van der Waals surface area contributed by atoms with Gasteiger partial charge in [-0.25, -0.2) is 5.48 Å². The molecule has 0 aliphatic rings. The Balaban J connectivity index is 1.48. The highest BCUT2D eigenvalue weighted by atomic mass is 16.6. The van der Waals surface area contributed by atoms with Crippen LogP contribution in [0.2, 0.25) is 0 Å². The summed E-state index contributed by atoms with van der Waals surface area (Å²) in [7, 11) is 0. The molecule has 0 fully saturated rings. The molecule has 0 aromatic heterocycles. The second-order valence-corrected chi connectivity index (χ2v) is 6.68. The molecule has 7 nitrogen and oxygen atoms in total. The van der Waals surface area contributed by atoms with E-state index in [1.807, 2.05) is 60.7 Å². The first kappa shape index (κ1) is 24.0. The fourth-order valence-electron chi connectivity index (χ4n) is 2.80. The smallest absolute Gasteiger partial charge is 0.245 e. The minimum atomic E-state index is -0.472. The van der Waals surface area contributed by atoms with Crippen LogP contribution >= 0.6 is 0 Å². The van der Waals surface area contributed by atoms with Crippen LogP contribution in [-0.2, 0) is 36.8 Å². The highest BCUT2D eigenvalue weighted by Crippen LogP contribution is 2.09. The number of amides is 1. The van der Waals surface area contributed by atoms with Gasteiger partial charge in [0.2, 0.25) is 5.91 Å². The summed E-state index contributed by atoms with van der Waals surface area (Å²) in [5, 5.41) is 8.75. The highest BCUT2D eigenvalue weighted by Gasteiger charge is 2.15. The minimum absolute atomic E-state index is 0.0808. The second-order valence-electron chi connectivity index (χ2n) is 6.68. The van der Waals surface area contributed by atoms with E-state index in [1.165, 1.54) is 0 Å². The van der Waals surface area contributed by atoms with Crippen molar-refractivity contribution in [3.63, 3.8) is 0 Å². The lowest BCUT2D eigenvalue weighted by atomic mass is 10.1. The van der Waals surface area contributed by atoms with Crippen molar-refractivity contribution in [1.82, 2.24) is 5.48 Å². The summed E-state index contributed by atoms with van der Waals surface area (Å²) in [6.07, 6.45) is 0.332. The Morgan fingerprint density at radius 1 is 0.767 bits per heavy atom. The third kappa shape index (κ3) is 11.0. The first-order chi connectivity index (χ1) is 14.8. The first-order valence-corrected chi connectivity index (χ1v) is 10.1. The maximum absolute atomic E-state index is 11.5. The van der Waals surface area contributed by atoms with Crippen molar-refractivity contribution in [2.75, 3.05) is 39.6 Å². The van der Waals surface area contributed by atoms with Gasteiger partial charge in [0.05, 0.1) is 58.8 Å². The summed E-state index contributed by atoms with van der Waals surface area (Å²) in [6, 6.07) is 19.8. The van der Waals surface area contributed by atoms with Gasteiger partial charge in [0.1, 0.15) is 0 Å². The predicted molar refractivity (Wildman–Crippen MR) is 112 cm³/mol.